The van der Waals surface area contributed by atoms with Crippen molar-refractivity contribution in [3.63, 3.8) is 0 Å². The third-order valence-corrected chi connectivity index (χ3v) is 4.84. The van der Waals surface area contributed by atoms with Crippen LogP contribution >= 0.6 is 11.3 Å². The van der Waals surface area contributed by atoms with E-state index < -0.39 is 0 Å². The molecule has 0 spiro atoms. The van der Waals surface area contributed by atoms with Crippen LogP contribution in [0.1, 0.15) is 44.6 Å². The fourth-order valence-corrected chi connectivity index (χ4v) is 3.61. The number of amides is 1. The SMILES string of the molecule is CO[C@@H]1C[C@H](c2nc(C)no2)N(C(=O)c2sc(C)nc2C)C1. The molecule has 0 unspecified atom stereocenters. The van der Waals surface area contributed by atoms with Gasteiger partial charge in [-0.3, -0.25) is 4.79 Å². The average molecular weight is 322 g/mol. The number of ether oxygens (including phenoxy) is 1. The minimum atomic E-state index is -0.250. The van der Waals surface area contributed by atoms with Crippen LogP contribution in [0.2, 0.25) is 0 Å². The van der Waals surface area contributed by atoms with Gasteiger partial charge in [0.15, 0.2) is 5.82 Å². The highest BCUT2D eigenvalue weighted by molar-refractivity contribution is 7.13. The number of likely N-dealkylation sites (tertiary alicyclic amines) is 1. The predicted molar refractivity (Wildman–Crippen MR) is 79.8 cm³/mol. The molecule has 0 aliphatic carbocycles. The summed E-state index contributed by atoms with van der Waals surface area (Å²) < 4.78 is 10.7. The van der Waals surface area contributed by atoms with Gasteiger partial charge in [0, 0.05) is 20.1 Å². The van der Waals surface area contributed by atoms with Crippen molar-refractivity contribution in [2.24, 2.45) is 0 Å². The standard InChI is InChI=1S/C14H18N4O3S/c1-7-12(22-9(3)15-7)14(19)18-6-10(20-4)5-11(18)13-16-8(2)17-21-13/h10-11H,5-6H2,1-4H3/t10-,11-/m1/s1. The Morgan fingerprint density at radius 3 is 2.68 bits per heavy atom. The van der Waals surface area contributed by atoms with E-state index in [-0.39, 0.29) is 18.1 Å². The van der Waals surface area contributed by atoms with Crippen molar-refractivity contribution in [3.8, 4) is 0 Å². The van der Waals surface area contributed by atoms with E-state index in [9.17, 15) is 4.79 Å². The molecule has 0 bridgehead atoms. The molecule has 22 heavy (non-hydrogen) atoms. The summed E-state index contributed by atoms with van der Waals surface area (Å²) in [6, 6.07) is -0.250. The molecule has 1 fully saturated rings. The molecule has 1 amide bonds. The molecular formula is C14H18N4O3S. The summed E-state index contributed by atoms with van der Waals surface area (Å²) in [5.74, 6) is 0.973. The Morgan fingerprint density at radius 1 is 1.36 bits per heavy atom. The Labute approximate surface area is 132 Å². The second kappa shape index (κ2) is 5.77. The lowest BCUT2D eigenvalue weighted by Crippen LogP contribution is -2.32. The van der Waals surface area contributed by atoms with Crippen molar-refractivity contribution in [1.82, 2.24) is 20.0 Å². The number of carbonyl (C=O) groups excluding carboxylic acids is 1. The van der Waals surface area contributed by atoms with Gasteiger partial charge < -0.3 is 14.2 Å². The monoisotopic (exact) mass is 322 g/mol. The van der Waals surface area contributed by atoms with E-state index in [0.717, 1.165) is 10.7 Å². The van der Waals surface area contributed by atoms with Crippen LogP contribution in [0.3, 0.4) is 0 Å². The Kier molecular flexibility index (Phi) is 3.96. The zero-order valence-electron chi connectivity index (χ0n) is 13.0. The largest absolute Gasteiger partial charge is 0.380 e. The van der Waals surface area contributed by atoms with Crippen molar-refractivity contribution < 1.29 is 14.1 Å². The molecule has 1 saturated heterocycles. The van der Waals surface area contributed by atoms with E-state index in [4.69, 9.17) is 9.26 Å². The lowest BCUT2D eigenvalue weighted by molar-refractivity contribution is 0.0674. The molecule has 0 N–H and O–H groups in total. The van der Waals surface area contributed by atoms with Gasteiger partial charge in [-0.1, -0.05) is 5.16 Å². The van der Waals surface area contributed by atoms with Crippen molar-refractivity contribution in [3.05, 3.63) is 27.3 Å². The van der Waals surface area contributed by atoms with Gasteiger partial charge in [-0.15, -0.1) is 11.3 Å². The Balaban J connectivity index is 1.92. The highest BCUT2D eigenvalue weighted by Gasteiger charge is 2.40. The van der Waals surface area contributed by atoms with Crippen LogP contribution in [-0.4, -0.2) is 45.7 Å². The normalized spacial score (nSPS) is 21.5. The Hall–Kier alpha value is -1.80. The van der Waals surface area contributed by atoms with Crippen LogP contribution < -0.4 is 0 Å². The quantitative estimate of drug-likeness (QED) is 0.860. The fraction of sp³-hybridized carbons (Fsp3) is 0.571. The van der Waals surface area contributed by atoms with Crippen LogP contribution in [0.25, 0.3) is 0 Å². The van der Waals surface area contributed by atoms with Gasteiger partial charge in [0.1, 0.15) is 10.9 Å². The number of methoxy groups -OCH3 is 1. The van der Waals surface area contributed by atoms with Gasteiger partial charge in [0.25, 0.3) is 5.91 Å². The van der Waals surface area contributed by atoms with Gasteiger partial charge in [-0.05, 0) is 20.8 Å². The van der Waals surface area contributed by atoms with E-state index in [2.05, 4.69) is 15.1 Å². The molecular weight excluding hydrogens is 304 g/mol. The molecule has 2 aromatic rings. The van der Waals surface area contributed by atoms with Crippen molar-refractivity contribution in [1.29, 1.82) is 0 Å². The van der Waals surface area contributed by atoms with Crippen LogP contribution in [0.15, 0.2) is 4.52 Å². The predicted octanol–water partition coefficient (Wildman–Crippen LogP) is 2.05. The highest BCUT2D eigenvalue weighted by Crippen LogP contribution is 2.35. The first-order chi connectivity index (χ1) is 10.5. The van der Waals surface area contributed by atoms with Gasteiger partial charge in [-0.25, -0.2) is 4.98 Å². The molecule has 3 heterocycles. The fourth-order valence-electron chi connectivity index (χ4n) is 2.74. The zero-order chi connectivity index (χ0) is 15.9. The molecule has 0 aromatic carbocycles. The van der Waals surface area contributed by atoms with Crippen LogP contribution in [-0.2, 0) is 4.74 Å². The Bertz CT molecular complexity index is 696. The third-order valence-electron chi connectivity index (χ3n) is 3.78. The van der Waals surface area contributed by atoms with E-state index >= 15 is 0 Å². The summed E-state index contributed by atoms with van der Waals surface area (Å²) in [6.07, 6.45) is 0.622. The number of hydrogen-bond donors (Lipinski definition) is 0. The second-order valence-corrected chi connectivity index (χ2v) is 6.60. The first-order valence-electron chi connectivity index (χ1n) is 7.07. The maximum Gasteiger partial charge on any atom is 0.266 e. The number of hydrogen-bond acceptors (Lipinski definition) is 7. The maximum absolute atomic E-state index is 12.9. The molecule has 1 aliphatic rings. The molecule has 7 nitrogen and oxygen atoms in total. The maximum atomic E-state index is 12.9. The molecule has 0 radical (unpaired) electrons. The lowest BCUT2D eigenvalue weighted by Gasteiger charge is -2.21. The number of aryl methyl sites for hydroxylation is 3. The smallest absolute Gasteiger partial charge is 0.266 e. The first-order valence-corrected chi connectivity index (χ1v) is 7.89. The summed E-state index contributed by atoms with van der Waals surface area (Å²) in [5.41, 5.74) is 0.758. The van der Waals surface area contributed by atoms with E-state index in [1.165, 1.54) is 11.3 Å². The summed E-state index contributed by atoms with van der Waals surface area (Å²) >= 11 is 1.41. The minimum Gasteiger partial charge on any atom is -0.380 e. The zero-order valence-corrected chi connectivity index (χ0v) is 13.8. The van der Waals surface area contributed by atoms with Gasteiger partial charge in [0.2, 0.25) is 5.89 Å². The molecule has 2 atom stereocenters. The average Bonchev–Trinajstić information content (AvgIpc) is 3.16. The van der Waals surface area contributed by atoms with Crippen molar-refractivity contribution in [2.75, 3.05) is 13.7 Å². The minimum absolute atomic E-state index is 0.0320. The summed E-state index contributed by atoms with van der Waals surface area (Å²) in [7, 11) is 1.65. The summed E-state index contributed by atoms with van der Waals surface area (Å²) in [6.45, 7) is 6.03. The number of aromatic nitrogens is 3. The van der Waals surface area contributed by atoms with Gasteiger partial charge in [-0.2, -0.15) is 4.98 Å². The number of thiazole rings is 1. The lowest BCUT2D eigenvalue weighted by atomic mass is 10.2. The molecule has 0 saturated carbocycles. The summed E-state index contributed by atoms with van der Waals surface area (Å²) in [4.78, 5) is 23.9. The van der Waals surface area contributed by atoms with Gasteiger partial charge >= 0.3 is 0 Å². The second-order valence-electron chi connectivity index (χ2n) is 5.39. The van der Waals surface area contributed by atoms with Crippen LogP contribution in [0.4, 0.5) is 0 Å². The highest BCUT2D eigenvalue weighted by atomic mass is 32.1. The van der Waals surface area contributed by atoms with E-state index in [0.29, 0.717) is 29.6 Å². The first kappa shape index (κ1) is 15.1. The van der Waals surface area contributed by atoms with Crippen molar-refractivity contribution >= 4 is 17.2 Å². The molecule has 8 heteroatoms. The molecule has 118 valence electrons. The van der Waals surface area contributed by atoms with E-state index in [1.54, 1.807) is 18.9 Å². The summed E-state index contributed by atoms with van der Waals surface area (Å²) in [5, 5.41) is 4.71. The number of nitrogens with zero attached hydrogens (tertiary/aromatic N) is 4. The number of rotatable bonds is 3. The van der Waals surface area contributed by atoms with Crippen LogP contribution in [0, 0.1) is 20.8 Å². The molecule has 1 aliphatic heterocycles. The van der Waals surface area contributed by atoms with E-state index in [1.807, 2.05) is 13.8 Å². The Morgan fingerprint density at radius 2 is 2.14 bits per heavy atom. The van der Waals surface area contributed by atoms with Gasteiger partial charge in [0.05, 0.1) is 16.8 Å². The van der Waals surface area contributed by atoms with Crippen molar-refractivity contribution in [2.45, 2.75) is 39.3 Å². The third kappa shape index (κ3) is 2.64. The molecule has 2 aromatic heterocycles. The van der Waals surface area contributed by atoms with Crippen LogP contribution in [0.5, 0.6) is 0 Å². The number of carbonyl (C=O) groups is 1. The topological polar surface area (TPSA) is 81.4 Å². The molecule has 3 rings (SSSR count).